The van der Waals surface area contributed by atoms with E-state index in [1.807, 2.05) is 6.07 Å². The van der Waals surface area contributed by atoms with Gasteiger partial charge in [0.05, 0.1) is 5.69 Å². The van der Waals surface area contributed by atoms with E-state index in [2.05, 4.69) is 10.4 Å². The zero-order valence-electron chi connectivity index (χ0n) is 13.1. The number of alkyl halides is 3. The van der Waals surface area contributed by atoms with Crippen molar-refractivity contribution < 1.29 is 22.8 Å². The molecule has 0 unspecified atom stereocenters. The number of likely N-dealkylation sites (tertiary alicyclic amines) is 1. The molecule has 1 aliphatic heterocycles. The van der Waals surface area contributed by atoms with E-state index >= 15 is 0 Å². The van der Waals surface area contributed by atoms with Crippen molar-refractivity contribution in [2.24, 2.45) is 0 Å². The summed E-state index contributed by atoms with van der Waals surface area (Å²) in [6.45, 7) is 3.92. The van der Waals surface area contributed by atoms with Gasteiger partial charge >= 0.3 is 6.18 Å². The van der Waals surface area contributed by atoms with Crippen molar-refractivity contribution in [3.8, 4) is 0 Å². The quantitative estimate of drug-likeness (QED) is 0.905. The Bertz CT molecular complexity index is 612. The van der Waals surface area contributed by atoms with E-state index in [-0.39, 0.29) is 13.0 Å². The van der Waals surface area contributed by atoms with Crippen LogP contribution < -0.4 is 5.32 Å². The Balaban J connectivity index is 1.98. The van der Waals surface area contributed by atoms with Crippen molar-refractivity contribution in [3.05, 3.63) is 17.5 Å². The number of nitrogens with zero attached hydrogens (tertiary/aromatic N) is 3. The molecule has 23 heavy (non-hydrogen) atoms. The summed E-state index contributed by atoms with van der Waals surface area (Å²) in [5.74, 6) is -1.14. The van der Waals surface area contributed by atoms with Crippen LogP contribution in [0.4, 0.5) is 13.2 Å². The number of halogens is 3. The van der Waals surface area contributed by atoms with Gasteiger partial charge in [0, 0.05) is 12.2 Å². The average molecular weight is 332 g/mol. The highest BCUT2D eigenvalue weighted by atomic mass is 19.4. The maximum absolute atomic E-state index is 12.4. The van der Waals surface area contributed by atoms with Gasteiger partial charge in [-0.2, -0.15) is 18.3 Å². The third-order valence-corrected chi connectivity index (χ3v) is 3.78. The summed E-state index contributed by atoms with van der Waals surface area (Å²) in [6, 6.07) is 0.257. The largest absolute Gasteiger partial charge is 0.406 e. The van der Waals surface area contributed by atoms with E-state index in [0.717, 1.165) is 16.3 Å². The van der Waals surface area contributed by atoms with Crippen molar-refractivity contribution in [1.29, 1.82) is 0 Å². The first-order valence-electron chi connectivity index (χ1n) is 7.27. The van der Waals surface area contributed by atoms with Crippen molar-refractivity contribution in [2.45, 2.75) is 45.5 Å². The van der Waals surface area contributed by atoms with Crippen molar-refractivity contribution in [1.82, 2.24) is 20.0 Å². The minimum atomic E-state index is -4.44. The Morgan fingerprint density at radius 3 is 2.65 bits per heavy atom. The average Bonchev–Trinajstić information content (AvgIpc) is 2.92. The fourth-order valence-corrected chi connectivity index (χ4v) is 2.69. The fraction of sp³-hybridized carbons (Fsp3) is 0.643. The summed E-state index contributed by atoms with van der Waals surface area (Å²) < 4.78 is 38.6. The summed E-state index contributed by atoms with van der Waals surface area (Å²) in [5, 5.41) is 6.72. The molecule has 2 atom stereocenters. The SMILES string of the molecule is Cc1cc(C)n([C@H](C)C(=O)N[C@H]2CCN(CC(F)(F)F)C2=O)n1. The molecule has 2 amide bonds. The predicted octanol–water partition coefficient (Wildman–Crippen LogP) is 1.34. The first-order chi connectivity index (χ1) is 10.6. The van der Waals surface area contributed by atoms with Gasteiger partial charge in [-0.25, -0.2) is 0 Å². The van der Waals surface area contributed by atoms with E-state index in [4.69, 9.17) is 0 Å². The molecule has 128 valence electrons. The second-order valence-electron chi connectivity index (χ2n) is 5.77. The molecule has 1 aromatic heterocycles. The van der Waals surface area contributed by atoms with Crippen LogP contribution in [0.1, 0.15) is 30.8 Å². The number of nitrogens with one attached hydrogen (secondary N) is 1. The molecule has 0 saturated carbocycles. The van der Waals surface area contributed by atoms with Gasteiger partial charge in [0.15, 0.2) is 0 Å². The smallest absolute Gasteiger partial charge is 0.342 e. The lowest BCUT2D eigenvalue weighted by Gasteiger charge is -2.20. The van der Waals surface area contributed by atoms with Gasteiger partial charge in [0.2, 0.25) is 11.8 Å². The lowest BCUT2D eigenvalue weighted by atomic mass is 10.2. The highest BCUT2D eigenvalue weighted by Gasteiger charge is 2.40. The molecule has 0 aliphatic carbocycles. The maximum Gasteiger partial charge on any atom is 0.406 e. The van der Waals surface area contributed by atoms with Gasteiger partial charge < -0.3 is 10.2 Å². The van der Waals surface area contributed by atoms with Crippen molar-refractivity contribution in [2.75, 3.05) is 13.1 Å². The number of hydrogen-bond acceptors (Lipinski definition) is 3. The highest BCUT2D eigenvalue weighted by molar-refractivity contribution is 5.90. The summed E-state index contributed by atoms with van der Waals surface area (Å²) in [6.07, 6.45) is -4.27. The Labute approximate surface area is 131 Å². The molecule has 2 rings (SSSR count). The predicted molar refractivity (Wildman–Crippen MR) is 75.6 cm³/mol. The summed E-state index contributed by atoms with van der Waals surface area (Å²) >= 11 is 0. The Kier molecular flexibility index (Phi) is 4.67. The van der Waals surface area contributed by atoms with E-state index in [1.165, 1.54) is 4.68 Å². The molecule has 0 radical (unpaired) electrons. The van der Waals surface area contributed by atoms with Gasteiger partial charge in [-0.1, -0.05) is 0 Å². The van der Waals surface area contributed by atoms with Crippen molar-refractivity contribution in [3.63, 3.8) is 0 Å². The molecule has 1 saturated heterocycles. The molecule has 0 aromatic carbocycles. The number of hydrogen-bond donors (Lipinski definition) is 1. The van der Waals surface area contributed by atoms with Gasteiger partial charge in [-0.3, -0.25) is 14.3 Å². The number of carbonyl (C=O) groups is 2. The zero-order valence-corrected chi connectivity index (χ0v) is 13.1. The second-order valence-corrected chi connectivity index (χ2v) is 5.77. The molecule has 6 nitrogen and oxygen atoms in total. The van der Waals surface area contributed by atoms with Crippen LogP contribution in [0.2, 0.25) is 0 Å². The lowest BCUT2D eigenvalue weighted by molar-refractivity contribution is -0.158. The van der Waals surface area contributed by atoms with Gasteiger partial charge in [0.1, 0.15) is 18.6 Å². The standard InChI is InChI=1S/C14H19F3N4O2/c1-8-6-9(2)21(19-8)10(3)12(22)18-11-4-5-20(13(11)23)7-14(15,16)17/h6,10-11H,4-5,7H2,1-3H3,(H,18,22)/t10-,11+/m1/s1. The third-order valence-electron chi connectivity index (χ3n) is 3.78. The third kappa shape index (κ3) is 4.02. The molecule has 1 aliphatic rings. The summed E-state index contributed by atoms with van der Waals surface area (Å²) in [4.78, 5) is 24.9. The van der Waals surface area contributed by atoms with Gasteiger partial charge in [0.25, 0.3) is 0 Å². The van der Waals surface area contributed by atoms with E-state index in [0.29, 0.717) is 0 Å². The molecule has 0 bridgehead atoms. The van der Waals surface area contributed by atoms with E-state index < -0.39 is 36.6 Å². The number of carbonyl (C=O) groups excluding carboxylic acids is 2. The first-order valence-corrected chi connectivity index (χ1v) is 7.27. The van der Waals surface area contributed by atoms with Crippen LogP contribution in [0.5, 0.6) is 0 Å². The van der Waals surface area contributed by atoms with Crippen LogP contribution in [-0.2, 0) is 9.59 Å². The molecule has 1 N–H and O–H groups in total. The highest BCUT2D eigenvalue weighted by Crippen LogP contribution is 2.21. The number of aryl methyl sites for hydroxylation is 2. The van der Waals surface area contributed by atoms with Crippen molar-refractivity contribution >= 4 is 11.8 Å². The van der Waals surface area contributed by atoms with E-state index in [1.54, 1.807) is 20.8 Å². The first kappa shape index (κ1) is 17.3. The molecule has 9 heteroatoms. The molecule has 1 fully saturated rings. The zero-order chi connectivity index (χ0) is 17.4. The van der Waals surface area contributed by atoms with Crippen LogP contribution in [0, 0.1) is 13.8 Å². The lowest BCUT2D eigenvalue weighted by Crippen LogP contribution is -2.45. The van der Waals surface area contributed by atoms with Gasteiger partial charge in [-0.15, -0.1) is 0 Å². The Hall–Kier alpha value is -2.06. The Morgan fingerprint density at radius 2 is 2.13 bits per heavy atom. The fourth-order valence-electron chi connectivity index (χ4n) is 2.69. The summed E-state index contributed by atoms with van der Waals surface area (Å²) in [7, 11) is 0. The van der Waals surface area contributed by atoms with Crippen LogP contribution in [-0.4, -0.2) is 51.8 Å². The summed E-state index contributed by atoms with van der Waals surface area (Å²) in [5.41, 5.74) is 1.55. The van der Waals surface area contributed by atoms with Crippen LogP contribution in [0.3, 0.4) is 0 Å². The number of amides is 2. The molecular weight excluding hydrogens is 313 g/mol. The van der Waals surface area contributed by atoms with Crippen LogP contribution in [0.25, 0.3) is 0 Å². The second kappa shape index (κ2) is 6.21. The molecule has 2 heterocycles. The minimum absolute atomic E-state index is 0.0163. The number of aromatic nitrogens is 2. The maximum atomic E-state index is 12.4. The van der Waals surface area contributed by atoms with E-state index in [9.17, 15) is 22.8 Å². The number of rotatable bonds is 4. The minimum Gasteiger partial charge on any atom is -0.342 e. The monoisotopic (exact) mass is 332 g/mol. The topological polar surface area (TPSA) is 67.2 Å². The van der Waals surface area contributed by atoms with Gasteiger partial charge in [-0.05, 0) is 33.3 Å². The molecular formula is C14H19F3N4O2. The molecule has 1 aromatic rings. The Morgan fingerprint density at radius 1 is 1.48 bits per heavy atom. The molecule has 0 spiro atoms. The van der Waals surface area contributed by atoms with Crippen LogP contribution >= 0.6 is 0 Å². The normalized spacial score (nSPS) is 20.0. The van der Waals surface area contributed by atoms with Crippen LogP contribution in [0.15, 0.2) is 6.07 Å².